The number of carbonyl (C=O) groups is 1. The van der Waals surface area contributed by atoms with Gasteiger partial charge in [0, 0.05) is 43.3 Å². The number of hydrogen-bond donors (Lipinski definition) is 1. The van der Waals surface area contributed by atoms with Crippen molar-refractivity contribution < 1.29 is 4.79 Å². The van der Waals surface area contributed by atoms with E-state index >= 15 is 0 Å². The van der Waals surface area contributed by atoms with Gasteiger partial charge in [-0.3, -0.25) is 9.78 Å². The maximum absolute atomic E-state index is 12.6. The number of anilines is 1. The normalized spacial score (nSPS) is 16.6. The highest BCUT2D eigenvalue weighted by molar-refractivity contribution is 5.94. The Hall–Kier alpha value is -3.14. The van der Waals surface area contributed by atoms with Crippen LogP contribution >= 0.6 is 0 Å². The molecule has 1 aliphatic heterocycles. The fourth-order valence-corrected chi connectivity index (χ4v) is 3.80. The molecule has 0 saturated carbocycles. The number of nitrogens with one attached hydrogen (secondary N) is 1. The summed E-state index contributed by atoms with van der Waals surface area (Å²) in [5.41, 5.74) is 4.20. The predicted molar refractivity (Wildman–Crippen MR) is 113 cm³/mol. The first kappa shape index (κ1) is 18.2. The second kappa shape index (κ2) is 8.70. The van der Waals surface area contributed by atoms with Crippen molar-refractivity contribution in [2.75, 3.05) is 24.5 Å². The molecule has 3 aromatic rings. The summed E-state index contributed by atoms with van der Waals surface area (Å²) < 4.78 is 0. The molecule has 4 rings (SSSR count). The van der Waals surface area contributed by atoms with Crippen LogP contribution in [0.5, 0.6) is 0 Å². The maximum atomic E-state index is 12.6. The van der Waals surface area contributed by atoms with Gasteiger partial charge in [-0.2, -0.15) is 0 Å². The predicted octanol–water partition coefficient (Wildman–Crippen LogP) is 4.40. The number of hydrogen-bond acceptors (Lipinski definition) is 3. The van der Waals surface area contributed by atoms with E-state index in [1.54, 1.807) is 0 Å². The lowest BCUT2D eigenvalue weighted by Gasteiger charge is -2.34. The average molecular weight is 371 g/mol. The van der Waals surface area contributed by atoms with Crippen LogP contribution < -0.4 is 10.2 Å². The van der Waals surface area contributed by atoms with Crippen LogP contribution in [-0.2, 0) is 0 Å². The monoisotopic (exact) mass is 371 g/mol. The largest absolute Gasteiger partial charge is 0.371 e. The minimum Gasteiger partial charge on any atom is -0.371 e. The van der Waals surface area contributed by atoms with Gasteiger partial charge in [0.2, 0.25) is 0 Å². The summed E-state index contributed by atoms with van der Waals surface area (Å²) in [4.78, 5) is 19.0. The van der Waals surface area contributed by atoms with Crippen LogP contribution in [0.3, 0.4) is 0 Å². The fraction of sp³-hybridized carbons (Fsp3) is 0.250. The molecule has 1 amide bonds. The molecule has 1 aliphatic rings. The summed E-state index contributed by atoms with van der Waals surface area (Å²) in [5.74, 6) is 0.468. The van der Waals surface area contributed by atoms with Crippen molar-refractivity contribution in [2.45, 2.75) is 12.8 Å². The molecule has 142 valence electrons. The number of piperidine rings is 1. The molecule has 1 atom stereocenters. The molecule has 0 aliphatic carbocycles. The Morgan fingerprint density at radius 2 is 1.68 bits per heavy atom. The molecule has 4 heteroatoms. The van der Waals surface area contributed by atoms with Crippen LogP contribution in [0.4, 0.5) is 5.69 Å². The Balaban J connectivity index is 1.33. The van der Waals surface area contributed by atoms with Crippen molar-refractivity contribution >= 4 is 11.6 Å². The van der Waals surface area contributed by atoms with E-state index in [9.17, 15) is 4.79 Å². The molecule has 0 radical (unpaired) electrons. The van der Waals surface area contributed by atoms with Gasteiger partial charge >= 0.3 is 0 Å². The molecular formula is C24H25N3O. The van der Waals surface area contributed by atoms with E-state index in [1.807, 2.05) is 54.9 Å². The Bertz CT molecular complexity index is 894. The van der Waals surface area contributed by atoms with Gasteiger partial charge in [-0.25, -0.2) is 0 Å². The van der Waals surface area contributed by atoms with Crippen molar-refractivity contribution in [1.29, 1.82) is 0 Å². The second-order valence-electron chi connectivity index (χ2n) is 7.31. The highest BCUT2D eigenvalue weighted by Gasteiger charge is 2.20. The van der Waals surface area contributed by atoms with Gasteiger partial charge in [0.25, 0.3) is 5.91 Å². The van der Waals surface area contributed by atoms with Crippen molar-refractivity contribution in [3.05, 3.63) is 84.7 Å². The molecule has 1 N–H and O–H groups in total. The van der Waals surface area contributed by atoms with Crippen molar-refractivity contribution in [3.63, 3.8) is 0 Å². The molecular weight excluding hydrogens is 346 g/mol. The zero-order valence-electron chi connectivity index (χ0n) is 15.9. The Labute approximate surface area is 166 Å². The first-order chi connectivity index (χ1) is 13.8. The highest BCUT2D eigenvalue weighted by Crippen LogP contribution is 2.22. The van der Waals surface area contributed by atoms with Crippen molar-refractivity contribution in [1.82, 2.24) is 10.3 Å². The third-order valence-electron chi connectivity index (χ3n) is 5.35. The third kappa shape index (κ3) is 4.39. The minimum atomic E-state index is 0.000598. The average Bonchev–Trinajstić information content (AvgIpc) is 2.79. The topological polar surface area (TPSA) is 45.2 Å². The number of benzene rings is 2. The molecule has 2 aromatic carbocycles. The summed E-state index contributed by atoms with van der Waals surface area (Å²) in [5, 5.41) is 3.12. The van der Waals surface area contributed by atoms with Gasteiger partial charge in [0.15, 0.2) is 0 Å². The first-order valence-corrected chi connectivity index (χ1v) is 9.88. The van der Waals surface area contributed by atoms with Crippen molar-refractivity contribution in [2.24, 2.45) is 5.92 Å². The SMILES string of the molecule is O=C(NCC1CCCN(c2ccncc2)C1)c1ccc(-c2ccccc2)cc1. The lowest BCUT2D eigenvalue weighted by atomic mass is 9.97. The molecule has 0 bridgehead atoms. The molecule has 1 unspecified atom stereocenters. The van der Waals surface area contributed by atoms with E-state index in [-0.39, 0.29) is 5.91 Å². The standard InChI is InChI=1S/C24H25N3O/c28-24(22-10-8-21(9-11-22)20-6-2-1-3-7-20)26-17-19-5-4-16-27(18-19)23-12-14-25-15-13-23/h1-3,6-15,19H,4-5,16-18H2,(H,26,28). The summed E-state index contributed by atoms with van der Waals surface area (Å²) in [6, 6.07) is 22.1. The Kier molecular flexibility index (Phi) is 5.66. The van der Waals surface area contributed by atoms with E-state index in [4.69, 9.17) is 0 Å². The number of nitrogens with zero attached hydrogens (tertiary/aromatic N) is 2. The van der Waals surface area contributed by atoms with Crippen LogP contribution in [0.1, 0.15) is 23.2 Å². The zero-order valence-corrected chi connectivity index (χ0v) is 15.9. The van der Waals surface area contributed by atoms with Gasteiger partial charge < -0.3 is 10.2 Å². The lowest BCUT2D eigenvalue weighted by Crippen LogP contribution is -2.41. The van der Waals surface area contributed by atoms with E-state index in [0.29, 0.717) is 18.0 Å². The lowest BCUT2D eigenvalue weighted by molar-refractivity contribution is 0.0945. The van der Waals surface area contributed by atoms with Gasteiger partial charge in [-0.15, -0.1) is 0 Å². The van der Waals surface area contributed by atoms with E-state index in [1.165, 1.54) is 5.69 Å². The first-order valence-electron chi connectivity index (χ1n) is 9.88. The Morgan fingerprint density at radius 3 is 2.43 bits per heavy atom. The van der Waals surface area contributed by atoms with Crippen LogP contribution in [-0.4, -0.2) is 30.5 Å². The van der Waals surface area contributed by atoms with E-state index in [2.05, 4.69) is 39.5 Å². The third-order valence-corrected chi connectivity index (χ3v) is 5.35. The number of carbonyl (C=O) groups excluding carboxylic acids is 1. The van der Waals surface area contributed by atoms with Gasteiger partial charge in [0.1, 0.15) is 0 Å². The molecule has 2 heterocycles. The summed E-state index contributed by atoms with van der Waals surface area (Å²) in [6.07, 6.45) is 5.96. The van der Waals surface area contributed by atoms with E-state index in [0.717, 1.165) is 37.1 Å². The van der Waals surface area contributed by atoms with Crippen molar-refractivity contribution in [3.8, 4) is 11.1 Å². The Morgan fingerprint density at radius 1 is 0.964 bits per heavy atom. The minimum absolute atomic E-state index is 0.000598. The number of amides is 1. The molecule has 1 aromatic heterocycles. The number of aromatic nitrogens is 1. The zero-order chi connectivity index (χ0) is 19.2. The number of pyridine rings is 1. The number of rotatable bonds is 5. The smallest absolute Gasteiger partial charge is 0.251 e. The summed E-state index contributed by atoms with van der Waals surface area (Å²) in [6.45, 7) is 2.74. The van der Waals surface area contributed by atoms with Crippen LogP contribution in [0.2, 0.25) is 0 Å². The quantitative estimate of drug-likeness (QED) is 0.723. The molecule has 1 fully saturated rings. The molecule has 4 nitrogen and oxygen atoms in total. The van der Waals surface area contributed by atoms with E-state index < -0.39 is 0 Å². The van der Waals surface area contributed by atoms with Crippen LogP contribution in [0, 0.1) is 5.92 Å². The molecule has 28 heavy (non-hydrogen) atoms. The van der Waals surface area contributed by atoms with Gasteiger partial charge in [-0.1, -0.05) is 42.5 Å². The highest BCUT2D eigenvalue weighted by atomic mass is 16.1. The second-order valence-corrected chi connectivity index (χ2v) is 7.31. The van der Waals surface area contributed by atoms with Gasteiger partial charge in [0.05, 0.1) is 0 Å². The summed E-state index contributed by atoms with van der Waals surface area (Å²) in [7, 11) is 0. The fourth-order valence-electron chi connectivity index (χ4n) is 3.80. The molecule has 0 spiro atoms. The maximum Gasteiger partial charge on any atom is 0.251 e. The van der Waals surface area contributed by atoms with Crippen LogP contribution in [0.25, 0.3) is 11.1 Å². The summed E-state index contributed by atoms with van der Waals surface area (Å²) >= 11 is 0. The van der Waals surface area contributed by atoms with Crippen LogP contribution in [0.15, 0.2) is 79.1 Å². The molecule has 1 saturated heterocycles. The van der Waals surface area contributed by atoms with Gasteiger partial charge in [-0.05, 0) is 54.2 Å².